The maximum Gasteiger partial charge on any atom is 0.0626 e. The van der Waals surface area contributed by atoms with E-state index >= 15 is 0 Å². The number of hydrogen-bond acceptors (Lipinski definition) is 1. The van der Waals surface area contributed by atoms with E-state index in [1.165, 1.54) is 144 Å². The first kappa shape index (κ1) is 51.3. The number of nitrogens with zero attached hydrogens (tertiary/aromatic N) is 2. The van der Waals surface area contributed by atoms with Crippen molar-refractivity contribution in [2.75, 3.05) is 4.90 Å². The highest BCUT2D eigenvalue weighted by atomic mass is 15.2. The van der Waals surface area contributed by atoms with Gasteiger partial charge in [0, 0.05) is 27.9 Å². The average molecular weight is 1150 g/mol. The molecule has 5 aliphatic rings. The molecule has 2 heterocycles. The van der Waals surface area contributed by atoms with Gasteiger partial charge in [0.25, 0.3) is 0 Å². The van der Waals surface area contributed by atoms with E-state index in [-0.39, 0.29) is 16.9 Å². The Labute approximate surface area is 526 Å². The first-order chi connectivity index (χ1) is 44.6. The highest BCUT2D eigenvalue weighted by Crippen LogP contribution is 2.60. The van der Waals surface area contributed by atoms with Crippen LogP contribution in [0, 0.1) is 0 Å². The Balaban J connectivity index is 0.922. The van der Waals surface area contributed by atoms with Crippen molar-refractivity contribution in [1.29, 1.82) is 0 Å². The number of fused-ring (bicyclic) bond motifs is 14. The lowest BCUT2D eigenvalue weighted by Gasteiger charge is -2.32. The minimum atomic E-state index is -0.184. The van der Waals surface area contributed by atoms with E-state index in [1.54, 1.807) is 0 Å². The van der Waals surface area contributed by atoms with E-state index in [9.17, 15) is 0 Å². The second kappa shape index (κ2) is 19.9. The van der Waals surface area contributed by atoms with Crippen LogP contribution in [0.5, 0.6) is 0 Å². The van der Waals surface area contributed by atoms with Gasteiger partial charge in [-0.05, 0) is 213 Å². The zero-order valence-corrected chi connectivity index (χ0v) is 50.0. The lowest BCUT2D eigenvalue weighted by Crippen LogP contribution is -2.25. The molecule has 4 aliphatic carbocycles. The van der Waals surface area contributed by atoms with Gasteiger partial charge in [0.1, 0.15) is 0 Å². The van der Waals surface area contributed by atoms with Crippen molar-refractivity contribution in [3.63, 3.8) is 0 Å². The third-order valence-corrected chi connectivity index (χ3v) is 21.3. The van der Waals surface area contributed by atoms with Gasteiger partial charge in [-0.25, -0.2) is 0 Å². The summed E-state index contributed by atoms with van der Waals surface area (Å²) in [4.78, 5) is 2.64. The third-order valence-electron chi connectivity index (χ3n) is 21.3. The number of anilines is 1. The Morgan fingerprint density at radius 2 is 0.689 bits per heavy atom. The summed E-state index contributed by atoms with van der Waals surface area (Å²) >= 11 is 0. The normalized spacial score (nSPS) is 15.9. The maximum atomic E-state index is 2.64. The van der Waals surface area contributed by atoms with E-state index in [0.29, 0.717) is 0 Å². The van der Waals surface area contributed by atoms with E-state index in [4.69, 9.17) is 0 Å². The number of aromatic nitrogens is 1. The quantitative estimate of drug-likeness (QED) is 0.138. The highest BCUT2D eigenvalue weighted by molar-refractivity contribution is 6.23. The van der Waals surface area contributed by atoms with Gasteiger partial charge in [-0.15, -0.1) is 0 Å². The van der Waals surface area contributed by atoms with Crippen molar-refractivity contribution in [2.45, 2.75) is 49.0 Å². The Kier molecular flexibility index (Phi) is 11.3. The fourth-order valence-electron chi connectivity index (χ4n) is 17.5. The Hall–Kier alpha value is -10.8. The Bertz CT molecular complexity index is 5170. The van der Waals surface area contributed by atoms with Gasteiger partial charge in [0.05, 0.1) is 17.4 Å². The molecule has 2 nitrogen and oxygen atoms in total. The molecule has 14 aromatic rings. The summed E-state index contributed by atoms with van der Waals surface area (Å²) in [7, 11) is 0. The van der Waals surface area contributed by atoms with Crippen LogP contribution in [0.25, 0.3) is 100.0 Å². The molecule has 0 saturated carbocycles. The minimum absolute atomic E-state index is 0.108. The van der Waals surface area contributed by atoms with Crippen LogP contribution >= 0.6 is 0 Å². The average Bonchev–Trinajstić information content (AvgIpc) is 1.47. The van der Waals surface area contributed by atoms with Crippen LogP contribution in [0.2, 0.25) is 0 Å². The van der Waals surface area contributed by atoms with Crippen molar-refractivity contribution in [3.8, 4) is 72.7 Å². The summed E-state index contributed by atoms with van der Waals surface area (Å²) in [6, 6.07) is 116. The summed E-state index contributed by atoms with van der Waals surface area (Å²) in [5.74, 6) is 0. The zero-order valence-electron chi connectivity index (χ0n) is 50.0. The smallest absolute Gasteiger partial charge is 0.0626 e. The van der Waals surface area contributed by atoms with E-state index in [2.05, 4.69) is 319 Å². The summed E-state index contributed by atoms with van der Waals surface area (Å²) < 4.78 is 2.51. The lowest BCUT2D eigenvalue weighted by molar-refractivity contribution is 0.563. The van der Waals surface area contributed by atoms with E-state index in [1.807, 2.05) is 0 Å². The molecule has 0 amide bonds. The highest BCUT2D eigenvalue weighted by Gasteiger charge is 2.49. The molecule has 0 saturated heterocycles. The molecule has 0 N–H and O–H groups in total. The molecule has 1 aromatic heterocycles. The summed E-state index contributed by atoms with van der Waals surface area (Å²) in [5.41, 5.74) is 32.4. The van der Waals surface area contributed by atoms with Crippen molar-refractivity contribution in [2.24, 2.45) is 0 Å². The van der Waals surface area contributed by atoms with E-state index in [0.717, 1.165) is 49.2 Å². The number of rotatable bonds is 8. The van der Waals surface area contributed by atoms with Crippen LogP contribution in [0.4, 0.5) is 5.69 Å². The molecule has 0 fully saturated rings. The lowest BCUT2D eigenvalue weighted by atomic mass is 9.74. The molecule has 0 radical (unpaired) electrons. The molecule has 19 rings (SSSR count). The van der Waals surface area contributed by atoms with Gasteiger partial charge in [-0.2, -0.15) is 0 Å². The predicted molar refractivity (Wildman–Crippen MR) is 373 cm³/mol. The van der Waals surface area contributed by atoms with Crippen molar-refractivity contribution in [3.05, 3.63) is 365 Å². The second-order valence-electron chi connectivity index (χ2n) is 25.9. The first-order valence-electron chi connectivity index (χ1n) is 32.2. The van der Waals surface area contributed by atoms with Gasteiger partial charge < -0.3 is 9.47 Å². The van der Waals surface area contributed by atoms with Gasteiger partial charge in [-0.3, -0.25) is 0 Å². The zero-order chi connectivity index (χ0) is 59.1. The molecule has 13 aromatic carbocycles. The van der Waals surface area contributed by atoms with Gasteiger partial charge in [-0.1, -0.05) is 261 Å². The third kappa shape index (κ3) is 7.58. The molecule has 90 heavy (non-hydrogen) atoms. The molecule has 1 atom stereocenters. The maximum absolute atomic E-state index is 2.64. The fraction of sp³-hybridized carbons (Fsp3) is 0.0909. The van der Waals surface area contributed by atoms with Crippen molar-refractivity contribution in [1.82, 2.24) is 4.57 Å². The summed E-state index contributed by atoms with van der Waals surface area (Å²) in [6.07, 6.45) is 7.29. The number of benzene rings is 13. The van der Waals surface area contributed by atoms with Crippen LogP contribution in [0.15, 0.2) is 309 Å². The van der Waals surface area contributed by atoms with Crippen LogP contribution in [0.3, 0.4) is 0 Å². The molecule has 2 spiro atoms. The SMILES string of the molecule is C1=C(c2ccccc2)N(c2ccc3c(-c4ccc5c(c4)C4(Cc6ccccc6C4)c4ccccc4-5)c4cc(-n5c(-c6ccccc6)ccc5-c5ccccc5)ccc4c(-c4ccc5c(c4)C4(Cc6ccccc6C4)c4ccccc4-5)c3c2)C(c2ccccc2)C1. The summed E-state index contributed by atoms with van der Waals surface area (Å²) in [5, 5.41) is 4.95. The standard InChI is InChI=1S/C88H62N2/c1-5-21-57(22-6-1)81-45-46-82(58-23-7-2-8-24-58)89(81)67-39-43-73-75(51-67)85(61-37-41-71-69-33-17-19-35-77(69)87(79(71)49-61)53-63-29-13-14-30-64(63)54-87)74-44-40-68(90-83(59-25-9-3-10-26-59)47-48-84(90)60-27-11-4-12-28-60)52-76(74)86(73)62-38-42-72-70-34-18-20-36-78(70)88(80(72)50-62)55-65-31-15-16-32-66(65)56-88/h1-47,49-52,84H,48,53-56H2. The Morgan fingerprint density at radius 1 is 0.289 bits per heavy atom. The first-order valence-corrected chi connectivity index (χ1v) is 32.2. The molecule has 2 heteroatoms. The molecular weight excluding hydrogens is 1080 g/mol. The number of hydrogen-bond donors (Lipinski definition) is 0. The Morgan fingerprint density at radius 3 is 1.18 bits per heavy atom. The molecular formula is C88H62N2. The van der Waals surface area contributed by atoms with Crippen molar-refractivity contribution < 1.29 is 0 Å². The fourth-order valence-corrected chi connectivity index (χ4v) is 17.5. The van der Waals surface area contributed by atoms with Crippen LogP contribution in [0.1, 0.15) is 68.1 Å². The van der Waals surface area contributed by atoms with Crippen LogP contribution in [-0.2, 0) is 36.5 Å². The van der Waals surface area contributed by atoms with E-state index < -0.39 is 0 Å². The molecule has 1 unspecified atom stereocenters. The topological polar surface area (TPSA) is 8.17 Å². The molecule has 1 aliphatic heterocycles. The van der Waals surface area contributed by atoms with Gasteiger partial charge >= 0.3 is 0 Å². The largest absolute Gasteiger partial charge is 0.333 e. The second-order valence-corrected chi connectivity index (χ2v) is 25.9. The molecule has 424 valence electrons. The van der Waals surface area contributed by atoms with Crippen LogP contribution in [-0.4, -0.2) is 4.57 Å². The van der Waals surface area contributed by atoms with Gasteiger partial charge in [0.2, 0.25) is 0 Å². The summed E-state index contributed by atoms with van der Waals surface area (Å²) in [6.45, 7) is 0. The van der Waals surface area contributed by atoms with Crippen LogP contribution < -0.4 is 4.90 Å². The minimum Gasteiger partial charge on any atom is -0.333 e. The molecule has 0 bridgehead atoms. The van der Waals surface area contributed by atoms with Crippen molar-refractivity contribution >= 4 is 32.9 Å². The predicted octanol–water partition coefficient (Wildman–Crippen LogP) is 21.6. The monoisotopic (exact) mass is 1150 g/mol. The van der Waals surface area contributed by atoms with Gasteiger partial charge in [0.15, 0.2) is 0 Å².